The fraction of sp³-hybridized carbons (Fsp3) is 0.182. The number of para-hydroxylation sites is 1. The lowest BCUT2D eigenvalue weighted by molar-refractivity contribution is 0.952. The second-order valence-electron chi connectivity index (χ2n) is 9.81. The Morgan fingerprint density at radius 2 is 1.67 bits per heavy atom. The van der Waals surface area contributed by atoms with Crippen molar-refractivity contribution in [2.24, 2.45) is 0 Å². The molecule has 5 rings (SSSR count). The molecule has 0 fully saturated rings. The number of hydrogen-bond acceptors (Lipinski definition) is 2. The van der Waals surface area contributed by atoms with Gasteiger partial charge in [0.05, 0.1) is 5.69 Å². The highest BCUT2D eigenvalue weighted by Crippen LogP contribution is 2.40. The molecule has 4 aromatic rings. The quantitative estimate of drug-likeness (QED) is 0.336. The predicted molar refractivity (Wildman–Crippen MR) is 155 cm³/mol. The van der Waals surface area contributed by atoms with Gasteiger partial charge in [0.2, 0.25) is 0 Å². The van der Waals surface area contributed by atoms with Crippen LogP contribution in [0, 0.1) is 13.8 Å². The van der Waals surface area contributed by atoms with Gasteiger partial charge in [0, 0.05) is 38.2 Å². The number of pyridine rings is 1. The van der Waals surface area contributed by atoms with Crippen molar-refractivity contribution in [3.63, 3.8) is 0 Å². The Labute approximate surface area is 212 Å². The second-order valence-corrected chi connectivity index (χ2v) is 9.81. The Kier molecular flexibility index (Phi) is 5.80. The molecule has 0 radical (unpaired) electrons. The van der Waals surface area contributed by atoms with Gasteiger partial charge in [-0.25, -0.2) is 0 Å². The summed E-state index contributed by atoms with van der Waals surface area (Å²) in [5.74, 6) is 0. The molecule has 0 aliphatic heterocycles. The number of hydrogen-bond donors (Lipinski definition) is 1. The normalized spacial score (nSPS) is 13.8. The van der Waals surface area contributed by atoms with Gasteiger partial charge < -0.3 is 5.32 Å². The zero-order valence-electron chi connectivity index (χ0n) is 21.6. The summed E-state index contributed by atoms with van der Waals surface area (Å²) in [6, 6.07) is 14.4. The molecule has 0 saturated heterocycles. The van der Waals surface area contributed by atoms with Gasteiger partial charge in [0.25, 0.3) is 5.56 Å². The number of allylic oxidation sites excluding steroid dienone is 4. The molecular formula is C33H32N2O. The average molecular weight is 473 g/mol. The third kappa shape index (κ3) is 3.46. The second kappa shape index (κ2) is 8.83. The molecule has 0 atom stereocenters. The third-order valence-electron chi connectivity index (χ3n) is 7.50. The first kappa shape index (κ1) is 23.6. The summed E-state index contributed by atoms with van der Waals surface area (Å²) in [6.45, 7) is 21.0. The van der Waals surface area contributed by atoms with Gasteiger partial charge in [-0.05, 0) is 80.6 Å². The Balaban J connectivity index is 2.00. The molecule has 0 spiro atoms. The van der Waals surface area contributed by atoms with Gasteiger partial charge in [-0.15, -0.1) is 0 Å². The molecular weight excluding hydrogens is 440 g/mol. The van der Waals surface area contributed by atoms with Crippen LogP contribution in [0.15, 0.2) is 83.8 Å². The molecule has 36 heavy (non-hydrogen) atoms. The minimum Gasteiger partial charge on any atom is -0.362 e. The van der Waals surface area contributed by atoms with Crippen molar-refractivity contribution in [3.8, 4) is 5.69 Å². The van der Waals surface area contributed by atoms with Crippen molar-refractivity contribution in [2.45, 2.75) is 40.5 Å². The smallest absolute Gasteiger partial charge is 0.263 e. The zero-order chi connectivity index (χ0) is 25.7. The predicted octanol–water partition coefficient (Wildman–Crippen LogP) is 7.11. The fourth-order valence-corrected chi connectivity index (χ4v) is 5.84. The monoisotopic (exact) mass is 472 g/mol. The summed E-state index contributed by atoms with van der Waals surface area (Å²) in [4.78, 5) is 14.1. The molecule has 3 heteroatoms. The first-order chi connectivity index (χ1) is 17.3. The number of nitrogens with zero attached hydrogens (tertiary/aromatic N) is 1. The van der Waals surface area contributed by atoms with Crippen LogP contribution in [0.1, 0.15) is 48.9 Å². The minimum absolute atomic E-state index is 0.0532. The summed E-state index contributed by atoms with van der Waals surface area (Å²) >= 11 is 0. The van der Waals surface area contributed by atoms with Crippen LogP contribution >= 0.6 is 0 Å². The first-order valence-corrected chi connectivity index (χ1v) is 12.4. The van der Waals surface area contributed by atoms with E-state index < -0.39 is 0 Å². The SMILES string of the molecule is C=CNC(=C)c1ccc2c(=O)n(-c3c(C)cccc3C)c(=C)c3ccc(C4=C(C)CCC=C4C)c1c32. The molecule has 1 heterocycles. The van der Waals surface area contributed by atoms with Crippen LogP contribution in [0.2, 0.25) is 0 Å². The summed E-state index contributed by atoms with van der Waals surface area (Å²) < 4.78 is 1.79. The van der Waals surface area contributed by atoms with Crippen LogP contribution in [0.3, 0.4) is 0 Å². The Bertz CT molecular complexity index is 1710. The Morgan fingerprint density at radius 3 is 2.33 bits per heavy atom. The van der Waals surface area contributed by atoms with Crippen LogP contribution in [-0.4, -0.2) is 4.57 Å². The number of benzene rings is 3. The molecule has 1 aliphatic rings. The molecule has 1 N–H and O–H groups in total. The van der Waals surface area contributed by atoms with Crippen LogP contribution in [-0.2, 0) is 0 Å². The lowest BCUT2D eigenvalue weighted by atomic mass is 9.83. The van der Waals surface area contributed by atoms with Crippen LogP contribution in [0.5, 0.6) is 0 Å². The van der Waals surface area contributed by atoms with E-state index in [1.807, 2.05) is 44.2 Å². The topological polar surface area (TPSA) is 34.0 Å². The molecule has 3 aromatic carbocycles. The molecule has 0 saturated carbocycles. The van der Waals surface area contributed by atoms with Gasteiger partial charge in [0.15, 0.2) is 0 Å². The first-order valence-electron chi connectivity index (χ1n) is 12.4. The standard InChI is InChI=1S/C33H32N2O/c1-8-34-23(6)25-15-18-28-31-26(16-17-27(30(25)31)29-19(2)11-9-12-20(29)3)24(7)35(33(28)36)32-21(4)13-10-14-22(32)5/h8,10-11,13-18,34H,1,6-7,9,12H2,2-5H3. The molecule has 0 amide bonds. The number of aromatic nitrogens is 1. The number of rotatable bonds is 5. The Hall–Kier alpha value is -4.11. The third-order valence-corrected chi connectivity index (χ3v) is 7.50. The highest BCUT2D eigenvalue weighted by atomic mass is 16.1. The van der Waals surface area contributed by atoms with Crippen molar-refractivity contribution in [1.29, 1.82) is 0 Å². The highest BCUT2D eigenvalue weighted by Gasteiger charge is 2.22. The molecule has 180 valence electrons. The lowest BCUT2D eigenvalue weighted by Crippen LogP contribution is -2.33. The van der Waals surface area contributed by atoms with Crippen molar-refractivity contribution in [2.75, 3.05) is 0 Å². The maximum Gasteiger partial charge on any atom is 0.263 e. The van der Waals surface area contributed by atoms with Crippen molar-refractivity contribution < 1.29 is 0 Å². The maximum absolute atomic E-state index is 14.1. The van der Waals surface area contributed by atoms with E-state index in [0.29, 0.717) is 10.7 Å². The zero-order valence-corrected chi connectivity index (χ0v) is 21.6. The maximum atomic E-state index is 14.1. The van der Waals surface area contributed by atoms with Crippen molar-refractivity contribution >= 4 is 39.4 Å². The van der Waals surface area contributed by atoms with E-state index in [2.05, 4.69) is 57.1 Å². The fourth-order valence-electron chi connectivity index (χ4n) is 5.84. The largest absolute Gasteiger partial charge is 0.362 e. The summed E-state index contributed by atoms with van der Waals surface area (Å²) in [5.41, 5.74) is 9.68. The van der Waals surface area contributed by atoms with E-state index in [4.69, 9.17) is 0 Å². The van der Waals surface area contributed by atoms with Gasteiger partial charge in [-0.1, -0.05) is 67.8 Å². The van der Waals surface area contributed by atoms with E-state index >= 15 is 0 Å². The van der Waals surface area contributed by atoms with E-state index in [-0.39, 0.29) is 5.56 Å². The molecule has 0 bridgehead atoms. The van der Waals surface area contributed by atoms with Crippen LogP contribution in [0.4, 0.5) is 0 Å². The van der Waals surface area contributed by atoms with E-state index in [1.54, 1.807) is 10.8 Å². The molecule has 3 nitrogen and oxygen atoms in total. The minimum atomic E-state index is -0.0532. The molecule has 0 unspecified atom stereocenters. The summed E-state index contributed by atoms with van der Waals surface area (Å²) in [6.07, 6.45) is 6.03. The summed E-state index contributed by atoms with van der Waals surface area (Å²) in [5, 5.41) is 7.49. The van der Waals surface area contributed by atoms with Gasteiger partial charge in [-0.2, -0.15) is 0 Å². The summed E-state index contributed by atoms with van der Waals surface area (Å²) in [7, 11) is 0. The number of aryl methyl sites for hydroxylation is 2. The highest BCUT2D eigenvalue weighted by molar-refractivity contribution is 6.17. The molecule has 1 aromatic heterocycles. The average Bonchev–Trinajstić information content (AvgIpc) is 2.84. The Morgan fingerprint density at radius 1 is 0.972 bits per heavy atom. The lowest BCUT2D eigenvalue weighted by Gasteiger charge is -2.23. The van der Waals surface area contributed by atoms with Crippen LogP contribution in [0.25, 0.3) is 45.1 Å². The van der Waals surface area contributed by atoms with Crippen LogP contribution < -0.4 is 16.2 Å². The van der Waals surface area contributed by atoms with Gasteiger partial charge in [-0.3, -0.25) is 9.36 Å². The van der Waals surface area contributed by atoms with Crippen molar-refractivity contribution in [3.05, 3.63) is 117 Å². The van der Waals surface area contributed by atoms with Gasteiger partial charge in [0.1, 0.15) is 0 Å². The van der Waals surface area contributed by atoms with Gasteiger partial charge >= 0.3 is 0 Å². The van der Waals surface area contributed by atoms with Crippen molar-refractivity contribution in [1.82, 2.24) is 9.88 Å². The van der Waals surface area contributed by atoms with E-state index in [9.17, 15) is 4.79 Å². The van der Waals surface area contributed by atoms with E-state index in [1.165, 1.54) is 16.7 Å². The van der Waals surface area contributed by atoms with E-state index in [0.717, 1.165) is 62.6 Å². The number of nitrogens with one attached hydrogen (secondary N) is 1. The molecule has 1 aliphatic carbocycles.